The fourth-order valence-corrected chi connectivity index (χ4v) is 2.95. The Balaban J connectivity index is 1.79. The molecule has 0 aliphatic carbocycles. The molecule has 0 amide bonds. The van der Waals surface area contributed by atoms with Gasteiger partial charge in [-0.2, -0.15) is 0 Å². The number of benzene rings is 2. The highest BCUT2D eigenvalue weighted by Gasteiger charge is 2.25. The van der Waals surface area contributed by atoms with Crippen LogP contribution in [-0.4, -0.2) is 30.8 Å². The van der Waals surface area contributed by atoms with E-state index in [-0.39, 0.29) is 18.1 Å². The fraction of sp³-hybridized carbons (Fsp3) is 0.350. The first-order chi connectivity index (χ1) is 11.2. The molecule has 2 unspecified atom stereocenters. The van der Waals surface area contributed by atoms with Crippen molar-refractivity contribution in [1.29, 1.82) is 0 Å². The molecule has 0 aromatic heterocycles. The van der Waals surface area contributed by atoms with Crippen LogP contribution in [0, 0.1) is 12.8 Å². The Kier molecular flexibility index (Phi) is 5.44. The Morgan fingerprint density at radius 3 is 2.13 bits per heavy atom. The molecule has 0 bridgehead atoms. The molecule has 23 heavy (non-hydrogen) atoms. The lowest BCUT2D eigenvalue weighted by molar-refractivity contribution is -0.0658. The zero-order valence-electron chi connectivity index (χ0n) is 13.7. The molecular weight excluding hydrogens is 284 g/mol. The average molecular weight is 309 g/mol. The first kappa shape index (κ1) is 16.2. The van der Waals surface area contributed by atoms with Crippen molar-refractivity contribution < 1.29 is 4.74 Å². The third kappa shape index (κ3) is 4.20. The highest BCUT2D eigenvalue weighted by Crippen LogP contribution is 2.23. The van der Waals surface area contributed by atoms with Crippen molar-refractivity contribution in [2.24, 2.45) is 5.92 Å². The maximum absolute atomic E-state index is 5.82. The van der Waals surface area contributed by atoms with Crippen LogP contribution in [0.1, 0.15) is 24.1 Å². The molecule has 1 heterocycles. The van der Waals surface area contributed by atoms with Crippen LogP contribution in [0.5, 0.6) is 0 Å². The second-order valence-electron chi connectivity index (χ2n) is 6.22. The van der Waals surface area contributed by atoms with E-state index in [0.717, 1.165) is 19.7 Å². The minimum absolute atomic E-state index is 0.149. The SMILES string of the molecule is [CH2]C(C)C1CN(NC(c2ccccc2)c2ccccc2)CCO1. The number of hydrazine groups is 1. The van der Waals surface area contributed by atoms with E-state index >= 15 is 0 Å². The molecule has 2 atom stereocenters. The molecule has 3 rings (SSSR count). The Morgan fingerprint density at radius 2 is 1.61 bits per heavy atom. The molecule has 1 fully saturated rings. The molecule has 0 spiro atoms. The third-order valence-electron chi connectivity index (χ3n) is 4.31. The lowest BCUT2D eigenvalue weighted by Crippen LogP contribution is -2.52. The Bertz CT molecular complexity index is 546. The number of hydrogen-bond donors (Lipinski definition) is 1. The van der Waals surface area contributed by atoms with Gasteiger partial charge in [0.1, 0.15) is 0 Å². The first-order valence-electron chi connectivity index (χ1n) is 8.30. The lowest BCUT2D eigenvalue weighted by atomic mass is 9.99. The molecule has 1 aliphatic heterocycles. The number of hydrogen-bond acceptors (Lipinski definition) is 3. The second kappa shape index (κ2) is 7.73. The van der Waals surface area contributed by atoms with Crippen molar-refractivity contribution in [3.8, 4) is 0 Å². The zero-order chi connectivity index (χ0) is 16.1. The summed E-state index contributed by atoms with van der Waals surface area (Å²) in [5, 5.41) is 2.28. The standard InChI is InChI=1S/C20H25N2O/c1-16(2)19-15-22(13-14-23-19)21-20(17-9-5-3-6-10-17)18-11-7-4-8-12-18/h3-12,16,19-21H,1,13-15H2,2H3. The minimum Gasteiger partial charge on any atom is -0.375 e. The van der Waals surface area contributed by atoms with Crippen molar-refractivity contribution in [2.75, 3.05) is 19.7 Å². The summed E-state index contributed by atoms with van der Waals surface area (Å²) in [7, 11) is 0. The number of nitrogens with one attached hydrogen (secondary N) is 1. The van der Waals surface area contributed by atoms with Gasteiger partial charge >= 0.3 is 0 Å². The zero-order valence-corrected chi connectivity index (χ0v) is 13.7. The molecule has 121 valence electrons. The number of ether oxygens (including phenoxy) is 1. The maximum atomic E-state index is 5.82. The molecule has 0 saturated carbocycles. The summed E-state index contributed by atoms with van der Waals surface area (Å²) in [4.78, 5) is 0. The molecule has 1 saturated heterocycles. The highest BCUT2D eigenvalue weighted by atomic mass is 16.5. The summed E-state index contributed by atoms with van der Waals surface area (Å²) < 4.78 is 5.82. The van der Waals surface area contributed by atoms with E-state index < -0.39 is 0 Å². The van der Waals surface area contributed by atoms with Gasteiger partial charge in [-0.3, -0.25) is 0 Å². The van der Waals surface area contributed by atoms with E-state index in [4.69, 9.17) is 4.74 Å². The summed E-state index contributed by atoms with van der Waals surface area (Å²) in [6.07, 6.45) is 0.184. The summed E-state index contributed by atoms with van der Waals surface area (Å²) >= 11 is 0. The molecule has 3 nitrogen and oxygen atoms in total. The van der Waals surface area contributed by atoms with Crippen molar-refractivity contribution >= 4 is 0 Å². The average Bonchev–Trinajstić information content (AvgIpc) is 2.61. The lowest BCUT2D eigenvalue weighted by Gasteiger charge is -2.37. The molecule has 2 aromatic carbocycles. The second-order valence-corrected chi connectivity index (χ2v) is 6.22. The molecule has 1 radical (unpaired) electrons. The summed E-state index contributed by atoms with van der Waals surface area (Å²) in [6, 6.07) is 21.3. The Hall–Kier alpha value is -1.68. The van der Waals surface area contributed by atoms with Crippen LogP contribution in [0.4, 0.5) is 0 Å². The summed E-state index contributed by atoms with van der Waals surface area (Å²) in [6.45, 7) is 8.72. The minimum atomic E-state index is 0.149. The van der Waals surface area contributed by atoms with E-state index in [2.05, 4.69) is 84.9 Å². The van der Waals surface area contributed by atoms with Gasteiger partial charge in [0, 0.05) is 13.1 Å². The molecule has 1 aliphatic rings. The number of nitrogens with zero attached hydrogens (tertiary/aromatic N) is 1. The van der Waals surface area contributed by atoms with Crippen LogP contribution in [-0.2, 0) is 4.74 Å². The van der Waals surface area contributed by atoms with Gasteiger partial charge in [0.05, 0.1) is 18.8 Å². The van der Waals surface area contributed by atoms with E-state index in [0.29, 0.717) is 0 Å². The third-order valence-corrected chi connectivity index (χ3v) is 4.31. The van der Waals surface area contributed by atoms with E-state index in [9.17, 15) is 0 Å². The highest BCUT2D eigenvalue weighted by molar-refractivity contribution is 5.31. The first-order valence-corrected chi connectivity index (χ1v) is 8.30. The van der Waals surface area contributed by atoms with Crippen molar-refractivity contribution in [2.45, 2.75) is 19.1 Å². The van der Waals surface area contributed by atoms with Gasteiger partial charge in [-0.05, 0) is 24.0 Å². The van der Waals surface area contributed by atoms with Crippen molar-refractivity contribution in [3.05, 3.63) is 78.7 Å². The van der Waals surface area contributed by atoms with Crippen LogP contribution in [0.2, 0.25) is 0 Å². The fourth-order valence-electron chi connectivity index (χ4n) is 2.95. The van der Waals surface area contributed by atoms with Crippen LogP contribution in [0.25, 0.3) is 0 Å². The van der Waals surface area contributed by atoms with Crippen LogP contribution < -0.4 is 5.43 Å². The quantitative estimate of drug-likeness (QED) is 0.915. The van der Waals surface area contributed by atoms with Gasteiger partial charge in [-0.25, -0.2) is 10.4 Å². The van der Waals surface area contributed by atoms with Gasteiger partial charge < -0.3 is 4.74 Å². The van der Waals surface area contributed by atoms with Gasteiger partial charge in [0.25, 0.3) is 0 Å². The predicted molar refractivity (Wildman–Crippen MR) is 93.7 cm³/mol. The normalized spacial score (nSPS) is 19.4. The molecule has 1 N–H and O–H groups in total. The largest absolute Gasteiger partial charge is 0.375 e. The molecule has 2 aromatic rings. The monoisotopic (exact) mass is 309 g/mol. The van der Waals surface area contributed by atoms with Crippen molar-refractivity contribution in [3.63, 3.8) is 0 Å². The van der Waals surface area contributed by atoms with Crippen molar-refractivity contribution in [1.82, 2.24) is 10.4 Å². The van der Waals surface area contributed by atoms with Gasteiger partial charge in [-0.1, -0.05) is 67.6 Å². The van der Waals surface area contributed by atoms with E-state index in [1.807, 2.05) is 0 Å². The van der Waals surface area contributed by atoms with Crippen LogP contribution in [0.3, 0.4) is 0 Å². The van der Waals surface area contributed by atoms with E-state index in [1.54, 1.807) is 0 Å². The topological polar surface area (TPSA) is 24.5 Å². The Morgan fingerprint density at radius 1 is 1.04 bits per heavy atom. The smallest absolute Gasteiger partial charge is 0.0742 e. The predicted octanol–water partition coefficient (Wildman–Crippen LogP) is 3.45. The molecular formula is C20H25N2O. The maximum Gasteiger partial charge on any atom is 0.0742 e. The van der Waals surface area contributed by atoms with E-state index in [1.165, 1.54) is 11.1 Å². The number of rotatable bonds is 5. The van der Waals surface area contributed by atoms with Gasteiger partial charge in [0.15, 0.2) is 0 Å². The summed E-state index contributed by atoms with van der Waals surface area (Å²) in [5.41, 5.74) is 6.23. The molecule has 3 heteroatoms. The van der Waals surface area contributed by atoms with Gasteiger partial charge in [0.2, 0.25) is 0 Å². The van der Waals surface area contributed by atoms with Gasteiger partial charge in [-0.15, -0.1) is 0 Å². The van der Waals surface area contributed by atoms with Crippen LogP contribution >= 0.6 is 0 Å². The summed E-state index contributed by atoms with van der Waals surface area (Å²) in [5.74, 6) is 0.284. The van der Waals surface area contributed by atoms with Crippen LogP contribution in [0.15, 0.2) is 60.7 Å². The number of morpholine rings is 1. The Labute approximate surface area is 139 Å².